The molecule has 0 amide bonds. The molecule has 4 aromatic rings. The van der Waals surface area contributed by atoms with Crippen LogP contribution in [0.2, 0.25) is 10.0 Å². The molecule has 0 saturated heterocycles. The number of fused-ring (bicyclic) bond motifs is 1. The van der Waals surface area contributed by atoms with Crippen LogP contribution in [-0.2, 0) is 22.4 Å². The second-order valence-corrected chi connectivity index (χ2v) is 12.7. The lowest BCUT2D eigenvalue weighted by Crippen LogP contribution is -2.15. The molecule has 0 aliphatic rings. The maximum Gasteiger partial charge on any atom is 0.416 e. The van der Waals surface area contributed by atoms with Crippen LogP contribution in [0.15, 0.2) is 62.7 Å². The van der Waals surface area contributed by atoms with Crippen molar-refractivity contribution in [3.05, 3.63) is 75.3 Å². The van der Waals surface area contributed by atoms with E-state index >= 15 is 0 Å². The first-order valence-electron chi connectivity index (χ1n) is 10.4. The third kappa shape index (κ3) is 6.46. The molecular formula is C23H12Cl2F6N2O3S3. The molecule has 0 unspecified atom stereocenters. The molecule has 206 valence electrons. The van der Waals surface area contributed by atoms with Gasteiger partial charge < -0.3 is 0 Å². The Balaban J connectivity index is 1.67. The molecule has 39 heavy (non-hydrogen) atoms. The Kier molecular flexibility index (Phi) is 7.91. The zero-order valence-corrected chi connectivity index (χ0v) is 23.0. The summed E-state index contributed by atoms with van der Waals surface area (Å²) >= 11 is 14.1. The van der Waals surface area contributed by atoms with Gasteiger partial charge in [0.1, 0.15) is 4.90 Å². The summed E-state index contributed by atoms with van der Waals surface area (Å²) in [5.74, 6) is -0.520. The Labute approximate surface area is 235 Å². The molecule has 1 aromatic heterocycles. The minimum atomic E-state index is -4.74. The van der Waals surface area contributed by atoms with Gasteiger partial charge >= 0.3 is 12.4 Å². The van der Waals surface area contributed by atoms with Gasteiger partial charge in [0.2, 0.25) is 0 Å². The lowest BCUT2D eigenvalue weighted by molar-refractivity contribution is -0.138. The highest BCUT2D eigenvalue weighted by Crippen LogP contribution is 2.42. The van der Waals surface area contributed by atoms with Crippen molar-refractivity contribution >= 4 is 78.0 Å². The first-order valence-corrected chi connectivity index (χ1v) is 14.2. The van der Waals surface area contributed by atoms with Crippen LogP contribution in [0.3, 0.4) is 0 Å². The van der Waals surface area contributed by atoms with Crippen LogP contribution in [-0.4, -0.2) is 19.2 Å². The first kappa shape index (κ1) is 29.5. The molecule has 1 heterocycles. The molecule has 3 aromatic carbocycles. The number of alkyl halides is 6. The summed E-state index contributed by atoms with van der Waals surface area (Å²) in [5.41, 5.74) is -2.12. The zero-order chi connectivity index (χ0) is 28.9. The summed E-state index contributed by atoms with van der Waals surface area (Å²) < 4.78 is 106. The number of sulfonamides is 1. The number of aromatic nitrogens is 1. The second-order valence-electron chi connectivity index (χ2n) is 7.90. The number of halogens is 8. The normalized spacial score (nSPS) is 12.6. The SMILES string of the molecule is CC(=O)c1cc(NS(=O)(=O)c2ccc(C(F)(F)F)cc2Cl)cc(Cl)c1Sc1nc2cc(C(F)(F)F)ccc2s1. The average Bonchev–Trinajstić information content (AvgIpc) is 3.20. The molecule has 0 aliphatic heterocycles. The van der Waals surface area contributed by atoms with E-state index in [0.29, 0.717) is 22.9 Å². The van der Waals surface area contributed by atoms with Crippen molar-refractivity contribution in [1.29, 1.82) is 0 Å². The molecule has 0 atom stereocenters. The van der Waals surface area contributed by atoms with Crippen molar-refractivity contribution in [2.75, 3.05) is 4.72 Å². The van der Waals surface area contributed by atoms with Crippen LogP contribution in [0.5, 0.6) is 0 Å². The van der Waals surface area contributed by atoms with E-state index in [1.54, 1.807) is 0 Å². The lowest BCUT2D eigenvalue weighted by atomic mass is 10.1. The molecule has 16 heteroatoms. The Morgan fingerprint density at radius 2 is 1.54 bits per heavy atom. The quantitative estimate of drug-likeness (QED) is 0.168. The van der Waals surface area contributed by atoms with E-state index in [9.17, 15) is 39.6 Å². The largest absolute Gasteiger partial charge is 0.416 e. The molecule has 0 aliphatic carbocycles. The molecular weight excluding hydrogens is 633 g/mol. The van der Waals surface area contributed by atoms with E-state index < -0.39 is 49.2 Å². The van der Waals surface area contributed by atoms with Crippen molar-refractivity contribution < 1.29 is 39.6 Å². The highest BCUT2D eigenvalue weighted by molar-refractivity contribution is 8.01. The number of nitrogens with zero attached hydrogens (tertiary/aromatic N) is 1. The maximum absolute atomic E-state index is 13.0. The molecule has 0 bridgehead atoms. The van der Waals surface area contributed by atoms with Crippen LogP contribution in [0.4, 0.5) is 32.0 Å². The van der Waals surface area contributed by atoms with Gasteiger partial charge in [0.25, 0.3) is 10.0 Å². The number of carbonyl (C=O) groups excluding carboxylic acids is 1. The fourth-order valence-corrected chi connectivity index (χ4v) is 7.41. The van der Waals surface area contributed by atoms with E-state index in [-0.39, 0.29) is 31.0 Å². The van der Waals surface area contributed by atoms with Crippen molar-refractivity contribution in [2.24, 2.45) is 0 Å². The molecule has 0 spiro atoms. The van der Waals surface area contributed by atoms with E-state index in [2.05, 4.69) is 9.71 Å². The summed E-state index contributed by atoms with van der Waals surface area (Å²) in [5, 5.41) is -0.758. The van der Waals surface area contributed by atoms with Crippen LogP contribution < -0.4 is 4.72 Å². The smallest absolute Gasteiger partial charge is 0.294 e. The number of ketones is 1. The Bertz CT molecular complexity index is 1720. The van der Waals surface area contributed by atoms with Crippen molar-refractivity contribution in [3.63, 3.8) is 0 Å². The van der Waals surface area contributed by atoms with Crippen molar-refractivity contribution in [3.8, 4) is 0 Å². The van der Waals surface area contributed by atoms with Gasteiger partial charge in [-0.05, 0) is 55.5 Å². The van der Waals surface area contributed by atoms with Crippen LogP contribution in [0, 0.1) is 0 Å². The fraction of sp³-hybridized carbons (Fsp3) is 0.130. The number of hydrogen-bond acceptors (Lipinski definition) is 6. The van der Waals surface area contributed by atoms with Crippen molar-refractivity contribution in [2.45, 2.75) is 33.4 Å². The van der Waals surface area contributed by atoms with Crippen LogP contribution in [0.1, 0.15) is 28.4 Å². The number of benzene rings is 3. The third-order valence-corrected chi connectivity index (χ3v) is 9.62. The standard InChI is InChI=1S/C23H12Cl2F6N2O3S3/c1-10(34)14-8-13(33-39(35,36)19-5-3-11(6-15(19)24)22(26,27)28)9-16(25)20(14)38-21-32-17-7-12(23(29,30)31)2-4-18(17)37-21/h2-9,33H,1H3. The van der Waals surface area contributed by atoms with E-state index in [1.807, 2.05) is 0 Å². The van der Waals surface area contributed by atoms with Crippen molar-refractivity contribution in [1.82, 2.24) is 4.98 Å². The number of hydrogen-bond donors (Lipinski definition) is 1. The minimum absolute atomic E-state index is 0.0287. The monoisotopic (exact) mass is 644 g/mol. The first-order chi connectivity index (χ1) is 18.0. The zero-order valence-electron chi connectivity index (χ0n) is 19.0. The van der Waals surface area contributed by atoms with Gasteiger partial charge in [-0.3, -0.25) is 9.52 Å². The predicted octanol–water partition coefficient (Wildman–Crippen LogP) is 8.80. The topological polar surface area (TPSA) is 76.1 Å². The van der Waals surface area contributed by atoms with Gasteiger partial charge in [0, 0.05) is 10.5 Å². The summed E-state index contributed by atoms with van der Waals surface area (Å²) in [7, 11) is -4.50. The van der Waals surface area contributed by atoms with Gasteiger partial charge in [0.15, 0.2) is 10.1 Å². The van der Waals surface area contributed by atoms with E-state index in [1.165, 1.54) is 25.1 Å². The van der Waals surface area contributed by atoms with Gasteiger partial charge in [-0.1, -0.05) is 35.0 Å². The summed E-state index contributed by atoms with van der Waals surface area (Å²) in [6, 6.07) is 7.16. The summed E-state index contributed by atoms with van der Waals surface area (Å²) in [4.78, 5) is 16.1. The van der Waals surface area contributed by atoms with Gasteiger partial charge in [-0.15, -0.1) is 11.3 Å². The number of nitrogens with one attached hydrogen (secondary N) is 1. The fourth-order valence-electron chi connectivity index (χ4n) is 3.34. The lowest BCUT2D eigenvalue weighted by Gasteiger charge is -2.14. The molecule has 0 fully saturated rings. The van der Waals surface area contributed by atoms with Crippen LogP contribution >= 0.6 is 46.3 Å². The molecule has 5 nitrogen and oxygen atoms in total. The van der Waals surface area contributed by atoms with E-state index in [0.717, 1.165) is 35.2 Å². The molecule has 4 rings (SSSR count). The Morgan fingerprint density at radius 3 is 2.13 bits per heavy atom. The Hall–Kier alpha value is -2.52. The average molecular weight is 645 g/mol. The summed E-state index contributed by atoms with van der Waals surface area (Å²) in [6.45, 7) is 1.19. The van der Waals surface area contributed by atoms with Gasteiger partial charge in [0.05, 0.1) is 37.1 Å². The van der Waals surface area contributed by atoms with Gasteiger partial charge in [-0.25, -0.2) is 13.4 Å². The summed E-state index contributed by atoms with van der Waals surface area (Å²) in [6.07, 6.45) is -9.29. The minimum Gasteiger partial charge on any atom is -0.294 e. The number of rotatable bonds is 6. The van der Waals surface area contributed by atoms with Crippen LogP contribution in [0.25, 0.3) is 10.2 Å². The number of thiazole rings is 1. The highest BCUT2D eigenvalue weighted by Gasteiger charge is 2.33. The molecule has 1 N–H and O–H groups in total. The van der Waals surface area contributed by atoms with Gasteiger partial charge in [-0.2, -0.15) is 26.3 Å². The number of carbonyl (C=O) groups is 1. The molecule has 0 saturated carbocycles. The Morgan fingerprint density at radius 1 is 0.923 bits per heavy atom. The number of anilines is 1. The maximum atomic E-state index is 13.0. The third-order valence-electron chi connectivity index (χ3n) is 5.11. The van der Waals surface area contributed by atoms with E-state index in [4.69, 9.17) is 23.2 Å². The highest BCUT2D eigenvalue weighted by atomic mass is 35.5. The predicted molar refractivity (Wildman–Crippen MR) is 137 cm³/mol. The molecule has 0 radical (unpaired) electrons. The number of Topliss-reactive ketones (excluding diaryl/α,β-unsaturated/α-hetero) is 1. The second kappa shape index (κ2) is 10.5.